The predicted octanol–water partition coefficient (Wildman–Crippen LogP) is 4.11. The minimum atomic E-state index is -0.785. The molecule has 0 radical (unpaired) electrons. The molecule has 0 spiro atoms. The first kappa shape index (κ1) is 22.1. The van der Waals surface area contributed by atoms with Gasteiger partial charge >= 0.3 is 0 Å². The fourth-order valence-electron chi connectivity index (χ4n) is 3.92. The predicted molar refractivity (Wildman–Crippen MR) is 123 cm³/mol. The maximum Gasteiger partial charge on any atom is 0.295 e. The lowest BCUT2D eigenvalue weighted by molar-refractivity contribution is -0.140. The number of aliphatic hydroxyl groups is 1. The van der Waals surface area contributed by atoms with Crippen molar-refractivity contribution in [1.29, 1.82) is 0 Å². The van der Waals surface area contributed by atoms with E-state index in [9.17, 15) is 14.7 Å². The van der Waals surface area contributed by atoms with E-state index < -0.39 is 17.7 Å². The zero-order valence-electron chi connectivity index (χ0n) is 18.4. The van der Waals surface area contributed by atoms with Crippen molar-refractivity contribution in [3.8, 4) is 11.5 Å². The topological polar surface area (TPSA) is 89.0 Å². The summed E-state index contributed by atoms with van der Waals surface area (Å²) < 4.78 is 10.8. The summed E-state index contributed by atoms with van der Waals surface area (Å²) in [5.74, 6) is -0.424. The standard InChI is InChI=1S/C26H24N2O5/c1-3-33-21-8-4-7-19(14-21)23-22(24(29)18-9-11-20(32-2)12-10-18)25(30)26(31)28(23)16-17-6-5-13-27-15-17/h4-15,23,29H,3,16H2,1-2H3/b24-22+. The summed E-state index contributed by atoms with van der Waals surface area (Å²) in [7, 11) is 1.55. The lowest BCUT2D eigenvalue weighted by Gasteiger charge is -2.25. The minimum absolute atomic E-state index is 0.0303. The van der Waals surface area contributed by atoms with Crippen LogP contribution in [0.1, 0.15) is 29.7 Å². The summed E-state index contributed by atoms with van der Waals surface area (Å²) in [5.41, 5.74) is 1.89. The van der Waals surface area contributed by atoms with Gasteiger partial charge in [-0.15, -0.1) is 0 Å². The number of hydrogen-bond acceptors (Lipinski definition) is 6. The Bertz CT molecular complexity index is 1190. The SMILES string of the molecule is CCOc1cccc(C2/C(=C(\O)c3ccc(OC)cc3)C(=O)C(=O)N2Cc2cccnc2)c1. The number of pyridine rings is 1. The van der Waals surface area contributed by atoms with Crippen LogP contribution in [-0.4, -0.2) is 40.4 Å². The van der Waals surface area contributed by atoms with E-state index in [1.54, 1.807) is 62.0 Å². The van der Waals surface area contributed by atoms with Crippen LogP contribution in [0.3, 0.4) is 0 Å². The van der Waals surface area contributed by atoms with Gasteiger partial charge in [-0.2, -0.15) is 0 Å². The number of aliphatic hydroxyl groups excluding tert-OH is 1. The number of benzene rings is 2. The average molecular weight is 444 g/mol. The molecular formula is C26H24N2O5. The highest BCUT2D eigenvalue weighted by molar-refractivity contribution is 6.46. The molecule has 7 nitrogen and oxygen atoms in total. The maximum atomic E-state index is 13.2. The zero-order valence-corrected chi connectivity index (χ0v) is 18.4. The Balaban J connectivity index is 1.85. The molecule has 3 aromatic rings. The summed E-state index contributed by atoms with van der Waals surface area (Å²) in [4.78, 5) is 31.8. The molecule has 1 atom stereocenters. The van der Waals surface area contributed by atoms with Gasteiger partial charge in [0.15, 0.2) is 0 Å². The smallest absolute Gasteiger partial charge is 0.295 e. The number of aromatic nitrogens is 1. The number of Topliss-reactive ketones (excluding diaryl/α,β-unsaturated/α-hetero) is 1. The molecule has 168 valence electrons. The third-order valence-corrected chi connectivity index (χ3v) is 5.46. The summed E-state index contributed by atoms with van der Waals surface area (Å²) in [5, 5.41) is 11.2. The number of carbonyl (C=O) groups is 2. The molecule has 1 unspecified atom stereocenters. The number of nitrogens with zero attached hydrogens (tertiary/aromatic N) is 2. The first-order valence-electron chi connectivity index (χ1n) is 10.6. The van der Waals surface area contributed by atoms with Crippen LogP contribution in [0.4, 0.5) is 0 Å². The maximum absolute atomic E-state index is 13.2. The molecule has 1 aliphatic rings. The van der Waals surface area contributed by atoms with E-state index in [0.29, 0.717) is 29.2 Å². The Morgan fingerprint density at radius 1 is 1.06 bits per heavy atom. The van der Waals surface area contributed by atoms with E-state index in [1.165, 1.54) is 4.90 Å². The Labute approximate surface area is 191 Å². The lowest BCUT2D eigenvalue weighted by atomic mass is 9.95. The molecule has 2 aromatic carbocycles. The van der Waals surface area contributed by atoms with Crippen LogP contribution in [0.5, 0.6) is 11.5 Å². The molecule has 0 aliphatic carbocycles. The van der Waals surface area contributed by atoms with Crippen LogP contribution in [0.2, 0.25) is 0 Å². The molecule has 1 amide bonds. The van der Waals surface area contributed by atoms with Crippen LogP contribution in [0.15, 0.2) is 78.6 Å². The van der Waals surface area contributed by atoms with Crippen LogP contribution < -0.4 is 9.47 Å². The number of carbonyl (C=O) groups excluding carboxylic acids is 2. The normalized spacial score (nSPS) is 17.3. The highest BCUT2D eigenvalue weighted by Gasteiger charge is 2.46. The molecule has 1 saturated heterocycles. The lowest BCUT2D eigenvalue weighted by Crippen LogP contribution is -2.29. The van der Waals surface area contributed by atoms with Gasteiger partial charge in [0.05, 0.1) is 25.3 Å². The molecule has 1 N–H and O–H groups in total. The van der Waals surface area contributed by atoms with Crippen molar-refractivity contribution < 1.29 is 24.2 Å². The second-order valence-corrected chi connectivity index (χ2v) is 7.52. The average Bonchev–Trinajstić information content (AvgIpc) is 3.09. The van der Waals surface area contributed by atoms with E-state index in [2.05, 4.69) is 4.98 Å². The number of methoxy groups -OCH3 is 1. The number of hydrogen-bond donors (Lipinski definition) is 1. The molecule has 1 aromatic heterocycles. The van der Waals surface area contributed by atoms with Crippen molar-refractivity contribution in [2.75, 3.05) is 13.7 Å². The fourth-order valence-corrected chi connectivity index (χ4v) is 3.92. The molecule has 2 heterocycles. The number of ether oxygens (including phenoxy) is 2. The van der Waals surface area contributed by atoms with E-state index >= 15 is 0 Å². The van der Waals surface area contributed by atoms with Crippen molar-refractivity contribution in [3.05, 3.63) is 95.3 Å². The van der Waals surface area contributed by atoms with Crippen molar-refractivity contribution in [3.63, 3.8) is 0 Å². The molecular weight excluding hydrogens is 420 g/mol. The second kappa shape index (κ2) is 9.56. The van der Waals surface area contributed by atoms with Crippen LogP contribution in [0, 0.1) is 0 Å². The summed E-state index contributed by atoms with van der Waals surface area (Å²) in [6.07, 6.45) is 3.29. The zero-order chi connectivity index (χ0) is 23.4. The second-order valence-electron chi connectivity index (χ2n) is 7.52. The van der Waals surface area contributed by atoms with Crippen molar-refractivity contribution in [2.24, 2.45) is 0 Å². The van der Waals surface area contributed by atoms with E-state index in [4.69, 9.17) is 9.47 Å². The first-order chi connectivity index (χ1) is 16.0. The van der Waals surface area contributed by atoms with Crippen molar-refractivity contribution >= 4 is 17.4 Å². The third kappa shape index (κ3) is 4.43. The highest BCUT2D eigenvalue weighted by atomic mass is 16.5. The molecule has 0 saturated carbocycles. The van der Waals surface area contributed by atoms with Gasteiger partial charge in [0.2, 0.25) is 0 Å². The van der Waals surface area contributed by atoms with Crippen LogP contribution >= 0.6 is 0 Å². The van der Waals surface area contributed by atoms with Gasteiger partial charge in [0, 0.05) is 24.5 Å². The van der Waals surface area contributed by atoms with Gasteiger partial charge in [-0.1, -0.05) is 18.2 Å². The molecule has 0 bridgehead atoms. The first-order valence-corrected chi connectivity index (χ1v) is 10.6. The summed E-state index contributed by atoms with van der Waals surface area (Å²) in [6, 6.07) is 16.7. The summed E-state index contributed by atoms with van der Waals surface area (Å²) in [6.45, 7) is 2.53. The van der Waals surface area contributed by atoms with Gasteiger partial charge in [-0.05, 0) is 60.5 Å². The number of amides is 1. The monoisotopic (exact) mass is 444 g/mol. The quantitative estimate of drug-likeness (QED) is 0.335. The van der Waals surface area contributed by atoms with Crippen molar-refractivity contribution in [2.45, 2.75) is 19.5 Å². The van der Waals surface area contributed by atoms with E-state index in [0.717, 1.165) is 5.56 Å². The van der Waals surface area contributed by atoms with Gasteiger partial charge in [0.25, 0.3) is 11.7 Å². The Morgan fingerprint density at radius 2 is 1.85 bits per heavy atom. The Kier molecular flexibility index (Phi) is 6.40. The Morgan fingerprint density at radius 3 is 2.52 bits per heavy atom. The number of likely N-dealkylation sites (tertiary alicyclic amines) is 1. The van der Waals surface area contributed by atoms with Gasteiger partial charge in [0.1, 0.15) is 17.3 Å². The molecule has 4 rings (SSSR count). The Hall–Kier alpha value is -4.13. The van der Waals surface area contributed by atoms with Gasteiger partial charge < -0.3 is 19.5 Å². The minimum Gasteiger partial charge on any atom is -0.507 e. The van der Waals surface area contributed by atoms with E-state index in [1.807, 2.05) is 25.1 Å². The molecule has 7 heteroatoms. The highest BCUT2D eigenvalue weighted by Crippen LogP contribution is 2.41. The number of ketones is 1. The fraction of sp³-hybridized carbons (Fsp3) is 0.192. The molecule has 1 aliphatic heterocycles. The number of rotatable bonds is 7. The van der Waals surface area contributed by atoms with Crippen LogP contribution in [0.25, 0.3) is 5.76 Å². The largest absolute Gasteiger partial charge is 0.507 e. The molecule has 33 heavy (non-hydrogen) atoms. The van der Waals surface area contributed by atoms with Crippen LogP contribution in [-0.2, 0) is 16.1 Å². The third-order valence-electron chi connectivity index (χ3n) is 5.46. The molecule has 1 fully saturated rings. The van der Waals surface area contributed by atoms with Gasteiger partial charge in [-0.25, -0.2) is 0 Å². The van der Waals surface area contributed by atoms with E-state index in [-0.39, 0.29) is 17.9 Å². The van der Waals surface area contributed by atoms with Gasteiger partial charge in [-0.3, -0.25) is 14.6 Å². The van der Waals surface area contributed by atoms with Crippen molar-refractivity contribution in [1.82, 2.24) is 9.88 Å². The summed E-state index contributed by atoms with van der Waals surface area (Å²) >= 11 is 0.